The summed E-state index contributed by atoms with van der Waals surface area (Å²) in [7, 11) is 0. The molecule has 0 fully saturated rings. The zero-order chi connectivity index (χ0) is 15.7. The van der Waals surface area contributed by atoms with Crippen molar-refractivity contribution in [3.63, 3.8) is 0 Å². The van der Waals surface area contributed by atoms with Crippen LogP contribution in [-0.4, -0.2) is 10.9 Å². The lowest BCUT2D eigenvalue weighted by Gasteiger charge is -2.10. The number of aromatic nitrogens is 1. The van der Waals surface area contributed by atoms with Crippen LogP contribution in [0.3, 0.4) is 0 Å². The molecule has 2 aromatic carbocycles. The van der Waals surface area contributed by atoms with E-state index in [4.69, 9.17) is 4.42 Å². The Hall–Kier alpha value is -2.95. The van der Waals surface area contributed by atoms with E-state index in [9.17, 15) is 9.59 Å². The Morgan fingerprint density at radius 1 is 1.14 bits per heavy atom. The van der Waals surface area contributed by atoms with Crippen LogP contribution in [0, 0.1) is 6.92 Å². The molecule has 0 aliphatic carbocycles. The summed E-state index contributed by atoms with van der Waals surface area (Å²) < 4.78 is 5.34. The molecule has 22 heavy (non-hydrogen) atoms. The third-order valence-electron chi connectivity index (χ3n) is 3.41. The smallest absolute Gasteiger partial charge is 0.347 e. The van der Waals surface area contributed by atoms with Crippen LogP contribution in [0.25, 0.3) is 22.4 Å². The lowest BCUT2D eigenvalue weighted by atomic mass is 10.1. The maximum absolute atomic E-state index is 12.1. The third kappa shape index (κ3) is 2.48. The molecule has 1 N–H and O–H groups in total. The van der Waals surface area contributed by atoms with Gasteiger partial charge < -0.3 is 9.73 Å². The zero-order valence-electron chi connectivity index (χ0n) is 12.2. The molecule has 1 heterocycles. The summed E-state index contributed by atoms with van der Waals surface area (Å²) in [4.78, 5) is 27.7. The van der Waals surface area contributed by atoms with Crippen LogP contribution >= 0.6 is 0 Å². The number of carbonyl (C=O) groups is 1. The van der Waals surface area contributed by atoms with E-state index in [0.717, 1.165) is 5.56 Å². The predicted molar refractivity (Wildman–Crippen MR) is 84.8 cm³/mol. The molecule has 0 atom stereocenters. The van der Waals surface area contributed by atoms with E-state index in [1.54, 1.807) is 36.4 Å². The van der Waals surface area contributed by atoms with Crippen LogP contribution in [0.2, 0.25) is 0 Å². The van der Waals surface area contributed by atoms with Crippen molar-refractivity contribution >= 4 is 22.5 Å². The number of benzene rings is 2. The molecule has 1 amide bonds. The number of anilines is 1. The van der Waals surface area contributed by atoms with Crippen molar-refractivity contribution in [2.24, 2.45) is 0 Å². The van der Waals surface area contributed by atoms with Gasteiger partial charge in [-0.05, 0) is 36.8 Å². The summed E-state index contributed by atoms with van der Waals surface area (Å²) in [5.41, 5.74) is 2.29. The second-order valence-electron chi connectivity index (χ2n) is 4.98. The van der Waals surface area contributed by atoms with Gasteiger partial charge in [0.2, 0.25) is 11.8 Å². The summed E-state index contributed by atoms with van der Waals surface area (Å²) in [6, 6.07) is 12.4. The first-order valence-corrected chi connectivity index (χ1v) is 6.84. The van der Waals surface area contributed by atoms with E-state index < -0.39 is 5.63 Å². The zero-order valence-corrected chi connectivity index (χ0v) is 12.2. The Morgan fingerprint density at radius 2 is 1.91 bits per heavy atom. The van der Waals surface area contributed by atoms with Crippen LogP contribution in [0.15, 0.2) is 51.7 Å². The number of rotatable bonds is 2. The maximum Gasteiger partial charge on any atom is 0.347 e. The molecular formula is C17H14N2O3. The molecule has 0 unspecified atom stereocenters. The second kappa shape index (κ2) is 5.44. The van der Waals surface area contributed by atoms with Crippen molar-refractivity contribution in [1.29, 1.82) is 0 Å². The highest BCUT2D eigenvalue weighted by Gasteiger charge is 2.13. The van der Waals surface area contributed by atoms with Crippen LogP contribution in [-0.2, 0) is 4.79 Å². The van der Waals surface area contributed by atoms with Crippen LogP contribution in [0.4, 0.5) is 5.69 Å². The van der Waals surface area contributed by atoms with Crippen LogP contribution in [0.5, 0.6) is 0 Å². The van der Waals surface area contributed by atoms with Crippen LogP contribution < -0.4 is 10.9 Å². The van der Waals surface area contributed by atoms with E-state index in [-0.39, 0.29) is 11.8 Å². The average Bonchev–Trinajstić information content (AvgIpc) is 2.49. The molecule has 5 nitrogen and oxygen atoms in total. The summed E-state index contributed by atoms with van der Waals surface area (Å²) in [6.07, 6.45) is 0. The number of fused-ring (bicyclic) bond motifs is 1. The molecule has 0 radical (unpaired) electrons. The van der Waals surface area contributed by atoms with Crippen molar-refractivity contribution < 1.29 is 9.21 Å². The summed E-state index contributed by atoms with van der Waals surface area (Å²) in [5.74, 6) is 0.0848. The van der Waals surface area contributed by atoms with E-state index in [2.05, 4.69) is 10.3 Å². The van der Waals surface area contributed by atoms with Gasteiger partial charge in [0, 0.05) is 18.2 Å². The van der Waals surface area contributed by atoms with Crippen molar-refractivity contribution in [3.05, 3.63) is 58.4 Å². The number of amides is 1. The number of nitrogens with one attached hydrogen (secondary N) is 1. The molecule has 0 aliphatic rings. The largest absolute Gasteiger partial charge is 0.403 e. The summed E-state index contributed by atoms with van der Waals surface area (Å²) in [5, 5.41) is 3.19. The van der Waals surface area contributed by atoms with Gasteiger partial charge in [0.05, 0.1) is 10.9 Å². The molecule has 110 valence electrons. The molecule has 5 heteroatoms. The lowest BCUT2D eigenvalue weighted by molar-refractivity contribution is -0.114. The molecule has 0 saturated heterocycles. The third-order valence-corrected chi connectivity index (χ3v) is 3.41. The quantitative estimate of drug-likeness (QED) is 0.788. The first-order chi connectivity index (χ1) is 10.6. The SMILES string of the molecule is CC(=O)Nc1cccc(-c2nc3ccccc3c(=O)o2)c1C. The monoisotopic (exact) mass is 294 g/mol. The molecule has 0 bridgehead atoms. The van der Waals surface area contributed by atoms with E-state index in [1.807, 2.05) is 13.0 Å². The summed E-state index contributed by atoms with van der Waals surface area (Å²) in [6.45, 7) is 3.29. The molecule has 0 aliphatic heterocycles. The van der Waals surface area contributed by atoms with Crippen molar-refractivity contribution in [2.75, 3.05) is 5.32 Å². The van der Waals surface area contributed by atoms with E-state index in [0.29, 0.717) is 22.2 Å². The Labute approximate surface area is 126 Å². The Balaban J connectivity index is 2.19. The number of hydrogen-bond acceptors (Lipinski definition) is 4. The minimum Gasteiger partial charge on any atom is -0.403 e. The fraction of sp³-hybridized carbons (Fsp3) is 0.118. The van der Waals surface area contributed by atoms with Gasteiger partial charge in [-0.2, -0.15) is 0 Å². The molecule has 0 spiro atoms. The van der Waals surface area contributed by atoms with Gasteiger partial charge in [-0.25, -0.2) is 9.78 Å². The van der Waals surface area contributed by atoms with Gasteiger partial charge in [0.1, 0.15) is 0 Å². The fourth-order valence-corrected chi connectivity index (χ4v) is 2.33. The Kier molecular flexibility index (Phi) is 3.47. The minimum atomic E-state index is -0.426. The highest BCUT2D eigenvalue weighted by Crippen LogP contribution is 2.27. The molecule has 3 aromatic rings. The van der Waals surface area contributed by atoms with Gasteiger partial charge >= 0.3 is 5.63 Å². The first kappa shape index (κ1) is 14.0. The van der Waals surface area contributed by atoms with Gasteiger partial charge in [-0.15, -0.1) is 0 Å². The number of para-hydroxylation sites is 1. The van der Waals surface area contributed by atoms with E-state index in [1.165, 1.54) is 6.92 Å². The normalized spacial score (nSPS) is 10.6. The Bertz CT molecular complexity index is 929. The average molecular weight is 294 g/mol. The van der Waals surface area contributed by atoms with Gasteiger partial charge in [0.15, 0.2) is 0 Å². The molecule has 3 rings (SSSR count). The van der Waals surface area contributed by atoms with Gasteiger partial charge in [-0.1, -0.05) is 18.2 Å². The first-order valence-electron chi connectivity index (χ1n) is 6.84. The summed E-state index contributed by atoms with van der Waals surface area (Å²) >= 11 is 0. The standard InChI is InChI=1S/C17H14N2O3/c1-10-12(7-5-9-14(10)18-11(2)20)16-19-15-8-4-3-6-13(15)17(21)22-16/h3-9H,1-2H3,(H,18,20). The van der Waals surface area contributed by atoms with E-state index >= 15 is 0 Å². The highest BCUT2D eigenvalue weighted by atomic mass is 16.4. The van der Waals surface area contributed by atoms with Crippen LogP contribution in [0.1, 0.15) is 12.5 Å². The highest BCUT2D eigenvalue weighted by molar-refractivity contribution is 5.91. The predicted octanol–water partition coefficient (Wildman–Crippen LogP) is 3.12. The molecular weight excluding hydrogens is 280 g/mol. The lowest BCUT2D eigenvalue weighted by Crippen LogP contribution is -2.08. The van der Waals surface area contributed by atoms with Crippen molar-refractivity contribution in [3.8, 4) is 11.5 Å². The second-order valence-corrected chi connectivity index (χ2v) is 4.98. The Morgan fingerprint density at radius 3 is 2.68 bits per heavy atom. The molecule has 0 saturated carbocycles. The number of nitrogens with zero attached hydrogens (tertiary/aromatic N) is 1. The minimum absolute atomic E-state index is 0.159. The topological polar surface area (TPSA) is 72.2 Å². The van der Waals surface area contributed by atoms with Gasteiger partial charge in [0.25, 0.3) is 0 Å². The number of hydrogen-bond donors (Lipinski definition) is 1. The maximum atomic E-state index is 12.1. The number of carbonyl (C=O) groups excluding carboxylic acids is 1. The van der Waals surface area contributed by atoms with Crippen molar-refractivity contribution in [1.82, 2.24) is 4.98 Å². The van der Waals surface area contributed by atoms with Crippen molar-refractivity contribution in [2.45, 2.75) is 13.8 Å². The molecule has 1 aromatic heterocycles. The fourth-order valence-electron chi connectivity index (χ4n) is 2.33. The van der Waals surface area contributed by atoms with Gasteiger partial charge in [-0.3, -0.25) is 4.79 Å².